The Balaban J connectivity index is 0.000000906. The van der Waals surface area contributed by atoms with Crippen LogP contribution in [0, 0.1) is 5.41 Å². The van der Waals surface area contributed by atoms with Crippen LogP contribution in [0.5, 0.6) is 0 Å². The number of carbonyl (C=O) groups excluding carboxylic acids is 2. The minimum Gasteiger partial charge on any atom is -0.362 e. The van der Waals surface area contributed by atoms with Crippen LogP contribution in [0.25, 0.3) is 0 Å². The van der Waals surface area contributed by atoms with Crippen molar-refractivity contribution in [1.29, 1.82) is 0 Å². The standard InChI is InChI=1S/C18H20Cl2N2O.C5H12.C2H5NO/c1-12(14-4-3-5-15(19)8-14)10-21-13(2)17-7-6-16(20)9-18(17)22-11-23;1-5(2,3)4;1-3-2-4/h3-9,11-13,21H,10H2,1-2H3,(H,22,23);1-4H3;2H,1H3,(H,3,4). The van der Waals surface area contributed by atoms with E-state index < -0.39 is 0 Å². The Kier molecular flexibility index (Phi) is 14.7. The number of hydrogen-bond donors (Lipinski definition) is 3. The summed E-state index contributed by atoms with van der Waals surface area (Å²) in [4.78, 5) is 19.8. The number of rotatable bonds is 8. The van der Waals surface area contributed by atoms with Crippen molar-refractivity contribution in [2.75, 3.05) is 18.9 Å². The zero-order valence-corrected chi connectivity index (χ0v) is 21.6. The Morgan fingerprint density at radius 2 is 1.50 bits per heavy atom. The maximum atomic E-state index is 10.8. The highest BCUT2D eigenvalue weighted by molar-refractivity contribution is 6.31. The van der Waals surface area contributed by atoms with E-state index in [0.717, 1.165) is 22.8 Å². The van der Waals surface area contributed by atoms with E-state index in [4.69, 9.17) is 28.0 Å². The molecule has 0 saturated heterocycles. The Morgan fingerprint density at radius 1 is 0.938 bits per heavy atom. The van der Waals surface area contributed by atoms with Crippen molar-refractivity contribution < 1.29 is 9.59 Å². The van der Waals surface area contributed by atoms with Crippen LogP contribution in [0.3, 0.4) is 0 Å². The van der Waals surface area contributed by atoms with E-state index in [9.17, 15) is 4.79 Å². The van der Waals surface area contributed by atoms with Gasteiger partial charge in [0.2, 0.25) is 12.8 Å². The van der Waals surface area contributed by atoms with Gasteiger partial charge >= 0.3 is 0 Å². The molecule has 2 aromatic rings. The molecule has 0 bridgehead atoms. The number of carbonyl (C=O) groups is 2. The Morgan fingerprint density at radius 3 is 2.00 bits per heavy atom. The number of anilines is 1. The molecule has 3 N–H and O–H groups in total. The topological polar surface area (TPSA) is 70.2 Å². The molecule has 32 heavy (non-hydrogen) atoms. The molecule has 2 atom stereocenters. The molecule has 0 aromatic heterocycles. The summed E-state index contributed by atoms with van der Waals surface area (Å²) < 4.78 is 0. The van der Waals surface area contributed by atoms with Crippen LogP contribution in [-0.4, -0.2) is 26.4 Å². The van der Waals surface area contributed by atoms with Gasteiger partial charge in [0.15, 0.2) is 0 Å². The molecule has 0 spiro atoms. The first-order chi connectivity index (χ1) is 14.9. The van der Waals surface area contributed by atoms with Gasteiger partial charge in [-0.15, -0.1) is 0 Å². The summed E-state index contributed by atoms with van der Waals surface area (Å²) in [5, 5.41) is 9.79. The van der Waals surface area contributed by atoms with Crippen molar-refractivity contribution in [3.05, 3.63) is 63.6 Å². The second-order valence-electron chi connectivity index (χ2n) is 8.99. The smallest absolute Gasteiger partial charge is 0.211 e. The summed E-state index contributed by atoms with van der Waals surface area (Å²) in [6.45, 7) is 13.8. The third-order valence-electron chi connectivity index (χ3n) is 3.96. The van der Waals surface area contributed by atoms with Gasteiger partial charge in [-0.25, -0.2) is 0 Å². The van der Waals surface area contributed by atoms with Crippen LogP contribution in [0.15, 0.2) is 42.5 Å². The molecule has 2 amide bonds. The molecule has 2 unspecified atom stereocenters. The molecule has 0 aliphatic heterocycles. The van der Waals surface area contributed by atoms with Gasteiger partial charge in [0, 0.05) is 35.4 Å². The van der Waals surface area contributed by atoms with E-state index in [2.05, 4.69) is 63.6 Å². The fourth-order valence-corrected chi connectivity index (χ4v) is 2.86. The quantitative estimate of drug-likeness (QED) is 0.380. The van der Waals surface area contributed by atoms with Crippen molar-refractivity contribution in [2.45, 2.75) is 53.5 Å². The van der Waals surface area contributed by atoms with Crippen LogP contribution in [0.1, 0.15) is 64.6 Å². The van der Waals surface area contributed by atoms with Gasteiger partial charge < -0.3 is 16.0 Å². The minimum atomic E-state index is 0.0800. The van der Waals surface area contributed by atoms with E-state index in [0.29, 0.717) is 29.2 Å². The maximum Gasteiger partial charge on any atom is 0.211 e. The lowest BCUT2D eigenvalue weighted by atomic mass is 10.00. The van der Waals surface area contributed by atoms with Crippen LogP contribution in [0.2, 0.25) is 10.0 Å². The lowest BCUT2D eigenvalue weighted by Gasteiger charge is -2.21. The summed E-state index contributed by atoms with van der Waals surface area (Å²) in [5.41, 5.74) is 3.42. The fourth-order valence-electron chi connectivity index (χ4n) is 2.49. The molecule has 0 fully saturated rings. The zero-order valence-electron chi connectivity index (χ0n) is 20.1. The molecule has 5 nitrogen and oxygen atoms in total. The normalized spacial score (nSPS) is 12.2. The highest BCUT2D eigenvalue weighted by Crippen LogP contribution is 2.27. The average molecular weight is 482 g/mol. The van der Waals surface area contributed by atoms with Gasteiger partial charge in [-0.05, 0) is 53.6 Å². The average Bonchev–Trinajstić information content (AvgIpc) is 2.71. The van der Waals surface area contributed by atoms with Gasteiger partial charge in [-0.1, -0.05) is 76.0 Å². The first-order valence-corrected chi connectivity index (χ1v) is 11.3. The number of amides is 2. The monoisotopic (exact) mass is 481 g/mol. The third-order valence-corrected chi connectivity index (χ3v) is 4.43. The van der Waals surface area contributed by atoms with Gasteiger partial charge in [0.1, 0.15) is 0 Å². The lowest BCUT2D eigenvalue weighted by molar-refractivity contribution is -0.109. The molecule has 2 rings (SSSR count). The van der Waals surface area contributed by atoms with Gasteiger partial charge in [0.05, 0.1) is 0 Å². The predicted molar refractivity (Wildman–Crippen MR) is 138 cm³/mol. The Hall–Kier alpha value is -2.08. The summed E-state index contributed by atoms with van der Waals surface area (Å²) in [7, 11) is 1.56. The second kappa shape index (κ2) is 15.7. The predicted octanol–water partition coefficient (Wildman–Crippen LogP) is 6.43. The molecule has 0 saturated carbocycles. The Bertz CT molecular complexity index is 817. The van der Waals surface area contributed by atoms with E-state index in [-0.39, 0.29) is 6.04 Å². The SMILES string of the molecule is CC(C)(C)C.CC(CNC(C)c1ccc(Cl)cc1NC=O)c1cccc(Cl)c1.CNC=O. The summed E-state index contributed by atoms with van der Waals surface area (Å²) >= 11 is 12.0. The van der Waals surface area contributed by atoms with E-state index in [1.807, 2.05) is 30.3 Å². The highest BCUT2D eigenvalue weighted by Gasteiger charge is 2.13. The first-order valence-electron chi connectivity index (χ1n) is 10.5. The van der Waals surface area contributed by atoms with Gasteiger partial charge in [-0.2, -0.15) is 0 Å². The third kappa shape index (κ3) is 14.1. The maximum absolute atomic E-state index is 10.8. The number of halogens is 2. The number of hydrogen-bond acceptors (Lipinski definition) is 3. The van der Waals surface area contributed by atoms with Gasteiger partial charge in [-0.3, -0.25) is 9.59 Å². The zero-order chi connectivity index (χ0) is 24.7. The molecule has 0 heterocycles. The van der Waals surface area contributed by atoms with Gasteiger partial charge in [0.25, 0.3) is 0 Å². The summed E-state index contributed by atoms with van der Waals surface area (Å²) in [6, 6.07) is 13.5. The van der Waals surface area contributed by atoms with Crippen molar-refractivity contribution in [3.63, 3.8) is 0 Å². The molecule has 2 aromatic carbocycles. The molecular formula is C25H37Cl2N3O2. The van der Waals surface area contributed by atoms with Crippen molar-refractivity contribution in [1.82, 2.24) is 10.6 Å². The minimum absolute atomic E-state index is 0.0800. The molecule has 7 heteroatoms. The summed E-state index contributed by atoms with van der Waals surface area (Å²) in [6.07, 6.45) is 1.29. The summed E-state index contributed by atoms with van der Waals surface area (Å²) in [5.74, 6) is 0.325. The largest absolute Gasteiger partial charge is 0.362 e. The second-order valence-corrected chi connectivity index (χ2v) is 9.86. The molecular weight excluding hydrogens is 445 g/mol. The van der Waals surface area contributed by atoms with Crippen molar-refractivity contribution in [2.24, 2.45) is 5.41 Å². The van der Waals surface area contributed by atoms with Crippen LogP contribution in [-0.2, 0) is 9.59 Å². The van der Waals surface area contributed by atoms with Crippen molar-refractivity contribution >= 4 is 41.7 Å². The fraction of sp³-hybridized carbons (Fsp3) is 0.440. The van der Waals surface area contributed by atoms with Crippen LogP contribution in [0.4, 0.5) is 5.69 Å². The van der Waals surface area contributed by atoms with Crippen LogP contribution < -0.4 is 16.0 Å². The first kappa shape index (κ1) is 29.9. The molecule has 0 aliphatic carbocycles. The van der Waals surface area contributed by atoms with E-state index in [1.54, 1.807) is 13.1 Å². The van der Waals surface area contributed by atoms with Crippen LogP contribution >= 0.6 is 23.2 Å². The number of benzene rings is 2. The Labute approximate surface area is 203 Å². The number of nitrogens with one attached hydrogen (secondary N) is 3. The molecule has 178 valence electrons. The lowest BCUT2D eigenvalue weighted by Crippen LogP contribution is -2.24. The van der Waals surface area contributed by atoms with E-state index >= 15 is 0 Å². The molecule has 0 aliphatic rings. The molecule has 0 radical (unpaired) electrons. The highest BCUT2D eigenvalue weighted by atomic mass is 35.5. The van der Waals surface area contributed by atoms with Crippen molar-refractivity contribution in [3.8, 4) is 0 Å². The van der Waals surface area contributed by atoms with E-state index in [1.165, 1.54) is 5.56 Å².